The van der Waals surface area contributed by atoms with Crippen molar-refractivity contribution in [2.45, 2.75) is 12.8 Å². The number of ether oxygens (including phenoxy) is 2. The molecule has 2 aromatic carbocycles. The van der Waals surface area contributed by atoms with Crippen LogP contribution in [0.15, 0.2) is 54.6 Å². The molecule has 28 heavy (non-hydrogen) atoms. The summed E-state index contributed by atoms with van der Waals surface area (Å²) in [5.74, 6) is 6.10. The van der Waals surface area contributed by atoms with Gasteiger partial charge >= 0.3 is 0 Å². The second kappa shape index (κ2) is 9.75. The molecule has 7 heteroatoms. The lowest BCUT2D eigenvalue weighted by Gasteiger charge is -2.31. The van der Waals surface area contributed by atoms with Crippen molar-refractivity contribution < 1.29 is 19.1 Å². The molecule has 1 saturated heterocycles. The Morgan fingerprint density at radius 3 is 2.32 bits per heavy atom. The molecule has 0 aliphatic carbocycles. The highest BCUT2D eigenvalue weighted by Gasteiger charge is 2.28. The molecule has 7 nitrogen and oxygen atoms in total. The molecule has 1 fully saturated rings. The number of nitrogens with one attached hydrogen (secondary N) is 1. The van der Waals surface area contributed by atoms with Gasteiger partial charge in [-0.2, -0.15) is 0 Å². The minimum Gasteiger partial charge on any atom is -0.490 e. The van der Waals surface area contributed by atoms with Gasteiger partial charge in [0.05, 0.1) is 5.56 Å². The van der Waals surface area contributed by atoms with Crippen LogP contribution in [-0.4, -0.2) is 43.0 Å². The average molecular weight is 383 g/mol. The SMILES string of the molecule is NNC(=O)C1CCN(C(=O)c2ccccc2OCCOc2ccccc2)CC1. The fourth-order valence-electron chi connectivity index (χ4n) is 3.23. The van der Waals surface area contributed by atoms with E-state index in [1.54, 1.807) is 17.0 Å². The molecule has 1 aliphatic rings. The van der Waals surface area contributed by atoms with Crippen LogP contribution in [-0.2, 0) is 4.79 Å². The molecule has 1 heterocycles. The lowest BCUT2D eigenvalue weighted by atomic mass is 9.95. The zero-order chi connectivity index (χ0) is 19.8. The summed E-state index contributed by atoms with van der Waals surface area (Å²) in [4.78, 5) is 26.3. The lowest BCUT2D eigenvalue weighted by Crippen LogP contribution is -2.44. The van der Waals surface area contributed by atoms with Crippen molar-refractivity contribution >= 4 is 11.8 Å². The lowest BCUT2D eigenvalue weighted by molar-refractivity contribution is -0.126. The van der Waals surface area contributed by atoms with Crippen molar-refractivity contribution in [3.8, 4) is 11.5 Å². The number of carbonyl (C=O) groups is 2. The number of carbonyl (C=O) groups excluding carboxylic acids is 2. The Labute approximate surface area is 164 Å². The quantitative estimate of drug-likeness (QED) is 0.330. The molecule has 1 aliphatic heterocycles. The highest BCUT2D eigenvalue weighted by Crippen LogP contribution is 2.24. The van der Waals surface area contributed by atoms with E-state index in [9.17, 15) is 9.59 Å². The first kappa shape index (κ1) is 19.7. The molecule has 0 unspecified atom stereocenters. The fraction of sp³-hybridized carbons (Fsp3) is 0.333. The van der Waals surface area contributed by atoms with Crippen molar-refractivity contribution in [2.24, 2.45) is 11.8 Å². The second-order valence-corrected chi connectivity index (χ2v) is 6.58. The first-order valence-electron chi connectivity index (χ1n) is 9.38. The number of nitrogens with two attached hydrogens (primary N) is 1. The van der Waals surface area contributed by atoms with Crippen molar-refractivity contribution in [3.05, 3.63) is 60.2 Å². The Morgan fingerprint density at radius 1 is 0.964 bits per heavy atom. The maximum atomic E-state index is 12.9. The molecule has 0 saturated carbocycles. The van der Waals surface area contributed by atoms with Crippen LogP contribution in [0, 0.1) is 5.92 Å². The maximum Gasteiger partial charge on any atom is 0.257 e. The normalized spacial score (nSPS) is 14.4. The summed E-state index contributed by atoms with van der Waals surface area (Å²) in [6.07, 6.45) is 1.20. The van der Waals surface area contributed by atoms with Crippen LogP contribution in [0.1, 0.15) is 23.2 Å². The summed E-state index contributed by atoms with van der Waals surface area (Å²) < 4.78 is 11.4. The summed E-state index contributed by atoms with van der Waals surface area (Å²) in [7, 11) is 0. The van der Waals surface area contributed by atoms with Crippen molar-refractivity contribution in [3.63, 3.8) is 0 Å². The number of rotatable bonds is 7. The number of hydrogen-bond donors (Lipinski definition) is 2. The predicted molar refractivity (Wildman–Crippen MR) is 105 cm³/mol. The number of hydrogen-bond acceptors (Lipinski definition) is 5. The second-order valence-electron chi connectivity index (χ2n) is 6.58. The summed E-state index contributed by atoms with van der Waals surface area (Å²) in [5.41, 5.74) is 2.70. The monoisotopic (exact) mass is 383 g/mol. The van der Waals surface area contributed by atoms with Gasteiger partial charge in [0.1, 0.15) is 24.7 Å². The van der Waals surface area contributed by atoms with E-state index >= 15 is 0 Å². The summed E-state index contributed by atoms with van der Waals surface area (Å²) in [6, 6.07) is 16.7. The van der Waals surface area contributed by atoms with E-state index in [2.05, 4.69) is 5.43 Å². The Kier molecular flexibility index (Phi) is 6.86. The summed E-state index contributed by atoms with van der Waals surface area (Å²) in [6.45, 7) is 1.74. The highest BCUT2D eigenvalue weighted by atomic mass is 16.5. The van der Waals surface area contributed by atoms with Crippen LogP contribution < -0.4 is 20.7 Å². The van der Waals surface area contributed by atoms with Crippen molar-refractivity contribution in [2.75, 3.05) is 26.3 Å². The molecular weight excluding hydrogens is 358 g/mol. The van der Waals surface area contributed by atoms with Crippen LogP contribution in [0.4, 0.5) is 0 Å². The van der Waals surface area contributed by atoms with Gasteiger partial charge in [-0.3, -0.25) is 15.0 Å². The predicted octanol–water partition coefficient (Wildman–Crippen LogP) is 1.99. The molecule has 0 bridgehead atoms. The Bertz CT molecular complexity index is 789. The molecule has 2 aromatic rings. The van der Waals surface area contributed by atoms with E-state index in [0.717, 1.165) is 5.75 Å². The van der Waals surface area contributed by atoms with Crippen LogP contribution in [0.2, 0.25) is 0 Å². The zero-order valence-corrected chi connectivity index (χ0v) is 15.7. The Morgan fingerprint density at radius 2 is 1.61 bits per heavy atom. The number of likely N-dealkylation sites (tertiary alicyclic amines) is 1. The standard InChI is InChI=1S/C21H25N3O4/c22-23-20(25)16-10-12-24(13-11-16)21(26)18-8-4-5-9-19(18)28-15-14-27-17-6-2-1-3-7-17/h1-9,16H,10-15,22H2,(H,23,25). The van der Waals surface area contributed by atoms with E-state index in [1.165, 1.54) is 0 Å². The third kappa shape index (κ3) is 5.01. The molecule has 3 N–H and O–H groups in total. The number of para-hydroxylation sites is 2. The molecule has 0 aromatic heterocycles. The van der Waals surface area contributed by atoms with E-state index in [-0.39, 0.29) is 17.7 Å². The van der Waals surface area contributed by atoms with Gasteiger partial charge in [-0.05, 0) is 37.1 Å². The third-order valence-corrected chi connectivity index (χ3v) is 4.77. The van der Waals surface area contributed by atoms with E-state index in [0.29, 0.717) is 50.5 Å². The van der Waals surface area contributed by atoms with E-state index in [4.69, 9.17) is 15.3 Å². The highest BCUT2D eigenvalue weighted by molar-refractivity contribution is 5.97. The van der Waals surface area contributed by atoms with E-state index < -0.39 is 0 Å². The number of piperidine rings is 1. The van der Waals surface area contributed by atoms with Gasteiger partial charge in [0.25, 0.3) is 5.91 Å². The number of amides is 2. The summed E-state index contributed by atoms with van der Waals surface area (Å²) in [5, 5.41) is 0. The Hall–Kier alpha value is -3.06. The largest absolute Gasteiger partial charge is 0.490 e. The molecule has 0 atom stereocenters. The van der Waals surface area contributed by atoms with Crippen molar-refractivity contribution in [1.29, 1.82) is 0 Å². The van der Waals surface area contributed by atoms with Crippen molar-refractivity contribution in [1.82, 2.24) is 10.3 Å². The van der Waals surface area contributed by atoms with Crippen LogP contribution in [0.3, 0.4) is 0 Å². The van der Waals surface area contributed by atoms with Gasteiger partial charge in [-0.15, -0.1) is 0 Å². The van der Waals surface area contributed by atoms with Gasteiger partial charge in [-0.1, -0.05) is 30.3 Å². The van der Waals surface area contributed by atoms with Gasteiger partial charge in [0, 0.05) is 19.0 Å². The van der Waals surface area contributed by atoms with Crippen LogP contribution in [0.25, 0.3) is 0 Å². The molecular formula is C21H25N3O4. The van der Waals surface area contributed by atoms with Gasteiger partial charge < -0.3 is 14.4 Å². The van der Waals surface area contributed by atoms with Gasteiger partial charge in [0.15, 0.2) is 0 Å². The van der Waals surface area contributed by atoms with Crippen LogP contribution >= 0.6 is 0 Å². The minimum atomic E-state index is -0.172. The number of benzene rings is 2. The molecule has 0 radical (unpaired) electrons. The van der Waals surface area contributed by atoms with E-state index in [1.807, 2.05) is 42.5 Å². The first-order valence-corrected chi connectivity index (χ1v) is 9.38. The molecule has 0 spiro atoms. The summed E-state index contributed by atoms with van der Waals surface area (Å²) >= 11 is 0. The molecule has 2 amide bonds. The van der Waals surface area contributed by atoms with Gasteiger partial charge in [0.2, 0.25) is 5.91 Å². The molecule has 148 valence electrons. The number of nitrogens with zero attached hydrogens (tertiary/aromatic N) is 1. The fourth-order valence-corrected chi connectivity index (χ4v) is 3.23. The third-order valence-electron chi connectivity index (χ3n) is 4.77. The zero-order valence-electron chi connectivity index (χ0n) is 15.7. The Balaban J connectivity index is 1.54. The smallest absolute Gasteiger partial charge is 0.257 e. The minimum absolute atomic E-state index is 0.0915. The first-order chi connectivity index (χ1) is 13.7. The number of hydrazine groups is 1. The van der Waals surface area contributed by atoms with Gasteiger partial charge in [-0.25, -0.2) is 5.84 Å². The molecule has 3 rings (SSSR count). The topological polar surface area (TPSA) is 93.9 Å². The average Bonchev–Trinajstić information content (AvgIpc) is 2.77. The van der Waals surface area contributed by atoms with Crippen LogP contribution in [0.5, 0.6) is 11.5 Å². The maximum absolute atomic E-state index is 12.9.